The minimum absolute atomic E-state index is 0.851. The molecule has 0 unspecified atom stereocenters. The molecule has 0 bridgehead atoms. The molecule has 0 aliphatic carbocycles. The predicted octanol–water partition coefficient (Wildman–Crippen LogP) is 13.2. The Morgan fingerprint density at radius 2 is 1.06 bits per heavy atom. The molecule has 0 N–H and O–H groups in total. The molecule has 0 saturated carbocycles. The van der Waals surface area contributed by atoms with Crippen molar-refractivity contribution in [3.8, 4) is 5.69 Å². The van der Waals surface area contributed by atoms with Crippen LogP contribution in [0.4, 0.5) is 17.1 Å². The molecule has 0 fully saturated rings. The largest absolute Gasteiger partial charge is 0.456 e. The lowest BCUT2D eigenvalue weighted by Crippen LogP contribution is -2.10. The summed E-state index contributed by atoms with van der Waals surface area (Å²) in [4.78, 5) is 2.34. The maximum absolute atomic E-state index is 6.68. The first-order chi connectivity index (χ1) is 24.8. The van der Waals surface area contributed by atoms with E-state index < -0.39 is 0 Å². The van der Waals surface area contributed by atoms with Gasteiger partial charge >= 0.3 is 0 Å². The van der Waals surface area contributed by atoms with Crippen LogP contribution in [0.25, 0.3) is 82.1 Å². The molecule has 0 spiro atoms. The van der Waals surface area contributed by atoms with Gasteiger partial charge in [-0.15, -0.1) is 0 Å². The molecule has 3 heterocycles. The van der Waals surface area contributed by atoms with E-state index >= 15 is 0 Å². The van der Waals surface area contributed by atoms with E-state index in [1.165, 1.54) is 16.3 Å². The molecular weight excluding hydrogens is 613 g/mol. The van der Waals surface area contributed by atoms with Crippen LogP contribution in [-0.2, 0) is 0 Å². The van der Waals surface area contributed by atoms with Gasteiger partial charge in [-0.25, -0.2) is 0 Å². The molecule has 0 amide bonds. The van der Waals surface area contributed by atoms with Crippen LogP contribution in [0.2, 0.25) is 0 Å². The van der Waals surface area contributed by atoms with Crippen LogP contribution in [0, 0.1) is 0 Å². The Bertz CT molecular complexity index is 3110. The van der Waals surface area contributed by atoms with Crippen LogP contribution in [-0.4, -0.2) is 4.57 Å². The molecule has 50 heavy (non-hydrogen) atoms. The second-order valence-electron chi connectivity index (χ2n) is 12.9. The van der Waals surface area contributed by atoms with Crippen molar-refractivity contribution in [3.05, 3.63) is 170 Å². The van der Waals surface area contributed by atoms with Crippen LogP contribution in [0.1, 0.15) is 0 Å². The van der Waals surface area contributed by atoms with Crippen molar-refractivity contribution < 1.29 is 8.83 Å². The van der Waals surface area contributed by atoms with Crippen LogP contribution < -0.4 is 4.90 Å². The molecule has 3 aromatic heterocycles. The fourth-order valence-electron chi connectivity index (χ4n) is 7.96. The summed E-state index contributed by atoms with van der Waals surface area (Å²) < 4.78 is 15.4. The average molecular weight is 641 g/mol. The third kappa shape index (κ3) is 3.87. The lowest BCUT2D eigenvalue weighted by Gasteiger charge is -2.26. The Balaban J connectivity index is 1.23. The van der Waals surface area contributed by atoms with Crippen molar-refractivity contribution >= 4 is 93.5 Å². The fraction of sp³-hybridized carbons (Fsp3) is 0. The third-order valence-corrected chi connectivity index (χ3v) is 10.2. The first-order valence-corrected chi connectivity index (χ1v) is 16.9. The van der Waals surface area contributed by atoms with Gasteiger partial charge in [0.15, 0.2) is 5.58 Å². The van der Waals surface area contributed by atoms with Crippen molar-refractivity contribution in [2.75, 3.05) is 4.90 Å². The normalized spacial score (nSPS) is 12.0. The van der Waals surface area contributed by atoms with Gasteiger partial charge in [0.05, 0.1) is 16.7 Å². The number of anilines is 3. The smallest absolute Gasteiger partial charge is 0.159 e. The lowest BCUT2D eigenvalue weighted by atomic mass is 10.0. The van der Waals surface area contributed by atoms with E-state index in [9.17, 15) is 0 Å². The molecular formula is C46H28N2O2. The number of furan rings is 2. The second-order valence-corrected chi connectivity index (χ2v) is 12.9. The quantitative estimate of drug-likeness (QED) is 0.192. The highest BCUT2D eigenvalue weighted by Crippen LogP contribution is 2.45. The van der Waals surface area contributed by atoms with Crippen LogP contribution >= 0.6 is 0 Å². The third-order valence-electron chi connectivity index (χ3n) is 10.2. The maximum Gasteiger partial charge on any atom is 0.159 e. The second kappa shape index (κ2) is 10.4. The number of benzene rings is 8. The molecule has 0 radical (unpaired) electrons. The summed E-state index contributed by atoms with van der Waals surface area (Å²) >= 11 is 0. The van der Waals surface area contributed by atoms with Crippen molar-refractivity contribution in [1.82, 2.24) is 4.57 Å². The Kier molecular flexibility index (Phi) is 5.63. The van der Waals surface area contributed by atoms with Crippen molar-refractivity contribution in [3.63, 3.8) is 0 Å². The molecule has 0 aliphatic heterocycles. The number of nitrogens with zero attached hydrogens (tertiary/aromatic N) is 2. The Morgan fingerprint density at radius 3 is 1.94 bits per heavy atom. The van der Waals surface area contributed by atoms with E-state index in [1.807, 2.05) is 24.3 Å². The highest BCUT2D eigenvalue weighted by atomic mass is 16.3. The molecule has 4 heteroatoms. The Labute approximate surface area is 286 Å². The number of fused-ring (bicyclic) bond motifs is 11. The summed E-state index contributed by atoms with van der Waals surface area (Å²) in [6.45, 7) is 0. The molecule has 11 aromatic rings. The van der Waals surface area contributed by atoms with E-state index in [1.54, 1.807) is 0 Å². The van der Waals surface area contributed by atoms with Crippen LogP contribution in [0.5, 0.6) is 0 Å². The van der Waals surface area contributed by atoms with Crippen molar-refractivity contribution in [2.24, 2.45) is 0 Å². The van der Waals surface area contributed by atoms with Crippen LogP contribution in [0.15, 0.2) is 179 Å². The highest BCUT2D eigenvalue weighted by Gasteiger charge is 2.22. The zero-order valence-corrected chi connectivity index (χ0v) is 26.9. The van der Waals surface area contributed by atoms with Crippen LogP contribution in [0.3, 0.4) is 0 Å². The Morgan fingerprint density at radius 1 is 0.400 bits per heavy atom. The number of rotatable bonds is 4. The van der Waals surface area contributed by atoms with Gasteiger partial charge < -0.3 is 18.3 Å². The first kappa shape index (κ1) is 27.2. The molecule has 0 atom stereocenters. The topological polar surface area (TPSA) is 34.5 Å². The van der Waals surface area contributed by atoms with E-state index in [0.29, 0.717) is 0 Å². The summed E-state index contributed by atoms with van der Waals surface area (Å²) in [6.07, 6.45) is 0. The van der Waals surface area contributed by atoms with E-state index in [0.717, 1.165) is 82.9 Å². The zero-order valence-electron chi connectivity index (χ0n) is 26.9. The summed E-state index contributed by atoms with van der Waals surface area (Å²) in [5, 5.41) is 9.18. The van der Waals surface area contributed by atoms with Gasteiger partial charge in [-0.3, -0.25) is 0 Å². The van der Waals surface area contributed by atoms with Gasteiger partial charge in [-0.2, -0.15) is 0 Å². The summed E-state index contributed by atoms with van der Waals surface area (Å²) in [7, 11) is 0. The maximum atomic E-state index is 6.68. The molecule has 4 nitrogen and oxygen atoms in total. The predicted molar refractivity (Wildman–Crippen MR) is 208 cm³/mol. The van der Waals surface area contributed by atoms with E-state index in [4.69, 9.17) is 8.83 Å². The standard InChI is InChI=1S/C46H28N2O2/c1-2-11-30(12-3-1)48-39-17-7-4-13-33(39)34-25-24-32(28-41(34)48)47(40-18-10-16-36-35-14-5-8-19-42(35)50-46(36)40)31-23-21-29-22-26-44-45(38(29)27-31)37-15-6-9-20-43(37)49-44/h1-28H. The Hall–Kier alpha value is -6.78. The van der Waals surface area contributed by atoms with Crippen molar-refractivity contribution in [1.29, 1.82) is 0 Å². The van der Waals surface area contributed by atoms with Gasteiger partial charge in [0.2, 0.25) is 0 Å². The average Bonchev–Trinajstić information content (AvgIpc) is 3.85. The van der Waals surface area contributed by atoms with E-state index in [2.05, 4.69) is 155 Å². The number of aromatic nitrogens is 1. The molecule has 234 valence electrons. The minimum atomic E-state index is 0.851. The minimum Gasteiger partial charge on any atom is -0.456 e. The lowest BCUT2D eigenvalue weighted by molar-refractivity contribution is 0.668. The van der Waals surface area contributed by atoms with E-state index in [-0.39, 0.29) is 0 Å². The number of hydrogen-bond donors (Lipinski definition) is 0. The van der Waals surface area contributed by atoms with Gasteiger partial charge in [-0.1, -0.05) is 103 Å². The van der Waals surface area contributed by atoms with Gasteiger partial charge in [0, 0.05) is 49.4 Å². The zero-order chi connectivity index (χ0) is 32.8. The van der Waals surface area contributed by atoms with Crippen molar-refractivity contribution in [2.45, 2.75) is 0 Å². The summed E-state index contributed by atoms with van der Waals surface area (Å²) in [6, 6.07) is 60.1. The summed E-state index contributed by atoms with van der Waals surface area (Å²) in [5.41, 5.74) is 9.99. The molecule has 11 rings (SSSR count). The molecule has 8 aromatic carbocycles. The monoisotopic (exact) mass is 640 g/mol. The fourth-order valence-corrected chi connectivity index (χ4v) is 7.96. The molecule has 0 aliphatic rings. The summed E-state index contributed by atoms with van der Waals surface area (Å²) in [5.74, 6) is 0. The van der Waals surface area contributed by atoms with Gasteiger partial charge in [0.1, 0.15) is 16.7 Å². The molecule has 0 saturated heterocycles. The highest BCUT2D eigenvalue weighted by molar-refractivity contribution is 6.20. The number of para-hydroxylation sites is 5. The number of hydrogen-bond acceptors (Lipinski definition) is 3. The van der Waals surface area contributed by atoms with Gasteiger partial charge in [-0.05, 0) is 77.5 Å². The SMILES string of the molecule is c1ccc(-n2c3ccccc3c3ccc(N(c4ccc5ccc6oc7ccccc7c6c5c4)c4cccc5c4oc4ccccc45)cc32)cc1. The van der Waals surface area contributed by atoms with Gasteiger partial charge in [0.25, 0.3) is 0 Å². The first-order valence-electron chi connectivity index (χ1n) is 16.9.